The lowest BCUT2D eigenvalue weighted by Gasteiger charge is -2.38. The van der Waals surface area contributed by atoms with Crippen molar-refractivity contribution in [2.45, 2.75) is 17.9 Å². The summed E-state index contributed by atoms with van der Waals surface area (Å²) in [6, 6.07) is 13.7. The second-order valence-electron chi connectivity index (χ2n) is 6.37. The number of aryl methyl sites for hydroxylation is 1. The Bertz CT molecular complexity index is 1070. The van der Waals surface area contributed by atoms with Crippen molar-refractivity contribution in [3.05, 3.63) is 54.4 Å². The van der Waals surface area contributed by atoms with Crippen LogP contribution in [0.2, 0.25) is 0 Å². The number of aromatic nitrogens is 2. The van der Waals surface area contributed by atoms with Crippen molar-refractivity contribution in [1.82, 2.24) is 14.4 Å². The highest BCUT2D eigenvalue weighted by atomic mass is 32.2. The van der Waals surface area contributed by atoms with E-state index in [9.17, 15) is 8.42 Å². The number of ether oxygens (including phenoxy) is 2. The molecule has 28 heavy (non-hydrogen) atoms. The maximum absolute atomic E-state index is 12.7. The van der Waals surface area contributed by atoms with Crippen molar-refractivity contribution in [3.8, 4) is 22.9 Å². The van der Waals surface area contributed by atoms with Crippen molar-refractivity contribution in [2.75, 3.05) is 20.2 Å². The van der Waals surface area contributed by atoms with Crippen LogP contribution in [0.5, 0.6) is 11.5 Å². The normalized spacial score (nSPS) is 15.2. The summed E-state index contributed by atoms with van der Waals surface area (Å²) in [4.78, 5) is 4.46. The molecule has 2 aromatic carbocycles. The van der Waals surface area contributed by atoms with Gasteiger partial charge < -0.3 is 14.0 Å². The Hall–Kier alpha value is -2.91. The van der Waals surface area contributed by atoms with E-state index in [0.717, 1.165) is 0 Å². The van der Waals surface area contributed by atoms with Crippen LogP contribution in [0, 0.1) is 6.92 Å². The van der Waals surface area contributed by atoms with Gasteiger partial charge in [0, 0.05) is 6.92 Å². The minimum atomic E-state index is -3.55. The average Bonchev–Trinajstić information content (AvgIpc) is 3.10. The Morgan fingerprint density at radius 1 is 1.11 bits per heavy atom. The predicted molar refractivity (Wildman–Crippen MR) is 101 cm³/mol. The quantitative estimate of drug-likeness (QED) is 0.626. The molecule has 0 saturated carbocycles. The second kappa shape index (κ2) is 7.25. The summed E-state index contributed by atoms with van der Waals surface area (Å²) < 4.78 is 42.9. The third kappa shape index (κ3) is 3.46. The smallest absolute Gasteiger partial charge is 0.243 e. The molecule has 1 aromatic heterocycles. The van der Waals surface area contributed by atoms with Crippen LogP contribution in [0.15, 0.2) is 57.9 Å². The molecule has 0 amide bonds. The summed E-state index contributed by atoms with van der Waals surface area (Å²) in [7, 11) is -2.02. The second-order valence-corrected chi connectivity index (χ2v) is 8.31. The van der Waals surface area contributed by atoms with Crippen LogP contribution >= 0.6 is 0 Å². The molecular weight excluding hydrogens is 382 g/mol. The van der Waals surface area contributed by atoms with Gasteiger partial charge in [-0.15, -0.1) is 0 Å². The maximum Gasteiger partial charge on any atom is 0.243 e. The van der Waals surface area contributed by atoms with Gasteiger partial charge in [0.05, 0.1) is 30.7 Å². The molecule has 146 valence electrons. The van der Waals surface area contributed by atoms with Gasteiger partial charge in [-0.1, -0.05) is 17.3 Å². The van der Waals surface area contributed by atoms with Crippen molar-refractivity contribution < 1.29 is 22.4 Å². The summed E-state index contributed by atoms with van der Waals surface area (Å²) in [5.41, 5.74) is 0.704. The lowest BCUT2D eigenvalue weighted by atomic mass is 10.1. The van der Waals surface area contributed by atoms with E-state index in [4.69, 9.17) is 14.0 Å². The first-order valence-electron chi connectivity index (χ1n) is 8.68. The summed E-state index contributed by atoms with van der Waals surface area (Å²) in [5.74, 6) is 2.10. The summed E-state index contributed by atoms with van der Waals surface area (Å²) in [5, 5.41) is 3.92. The molecule has 4 rings (SSSR count). The first-order chi connectivity index (χ1) is 13.5. The number of methoxy groups -OCH3 is 1. The number of hydrogen-bond donors (Lipinski definition) is 0. The Labute approximate surface area is 162 Å². The Morgan fingerprint density at radius 3 is 2.46 bits per heavy atom. The molecule has 0 spiro atoms. The molecule has 0 radical (unpaired) electrons. The number of hydrogen-bond acceptors (Lipinski definition) is 7. The topological polar surface area (TPSA) is 94.8 Å². The monoisotopic (exact) mass is 401 g/mol. The molecule has 0 N–H and O–H groups in total. The lowest BCUT2D eigenvalue weighted by molar-refractivity contribution is 0.0766. The highest BCUT2D eigenvalue weighted by Crippen LogP contribution is 2.31. The third-order valence-electron chi connectivity index (χ3n) is 4.46. The third-order valence-corrected chi connectivity index (χ3v) is 6.31. The molecule has 0 aliphatic carbocycles. The maximum atomic E-state index is 12.7. The zero-order chi connectivity index (χ0) is 19.7. The van der Waals surface area contributed by atoms with Gasteiger partial charge in [0.15, 0.2) is 0 Å². The molecule has 8 nitrogen and oxygen atoms in total. The standard InChI is InChI=1S/C19H19N3O5S/c1-13-20-19(21-27-13)17-5-3-4-6-18(17)26-15-11-22(12-15)28(23,24)16-9-7-14(25-2)8-10-16/h3-10,15H,11-12H2,1-2H3. The summed E-state index contributed by atoms with van der Waals surface area (Å²) in [6.07, 6.45) is -0.248. The number of nitrogens with zero attached hydrogens (tertiary/aromatic N) is 3. The van der Waals surface area contributed by atoms with E-state index < -0.39 is 10.0 Å². The number of para-hydroxylation sites is 1. The van der Waals surface area contributed by atoms with E-state index in [1.807, 2.05) is 24.3 Å². The molecule has 2 heterocycles. The SMILES string of the molecule is COc1ccc(S(=O)(=O)N2CC(Oc3ccccc3-c3noc(C)n3)C2)cc1. The number of sulfonamides is 1. The van der Waals surface area contributed by atoms with Crippen LogP contribution in [-0.4, -0.2) is 49.2 Å². The first kappa shape index (κ1) is 18.5. The highest BCUT2D eigenvalue weighted by Gasteiger charge is 2.38. The number of benzene rings is 2. The largest absolute Gasteiger partial charge is 0.497 e. The minimum Gasteiger partial charge on any atom is -0.497 e. The van der Waals surface area contributed by atoms with Crippen LogP contribution in [0.1, 0.15) is 5.89 Å². The number of rotatable bonds is 6. The molecule has 1 aliphatic heterocycles. The Balaban J connectivity index is 1.45. The van der Waals surface area contributed by atoms with Crippen LogP contribution in [-0.2, 0) is 10.0 Å². The fourth-order valence-electron chi connectivity index (χ4n) is 2.91. The van der Waals surface area contributed by atoms with E-state index >= 15 is 0 Å². The lowest BCUT2D eigenvalue weighted by Crippen LogP contribution is -2.55. The van der Waals surface area contributed by atoms with Crippen LogP contribution in [0.4, 0.5) is 0 Å². The molecule has 0 unspecified atom stereocenters. The van der Waals surface area contributed by atoms with Crippen LogP contribution in [0.25, 0.3) is 11.4 Å². The van der Waals surface area contributed by atoms with Gasteiger partial charge in [0.2, 0.25) is 21.7 Å². The highest BCUT2D eigenvalue weighted by molar-refractivity contribution is 7.89. The Kier molecular flexibility index (Phi) is 4.78. The average molecular weight is 401 g/mol. The molecule has 0 bridgehead atoms. The van der Waals surface area contributed by atoms with Crippen molar-refractivity contribution in [2.24, 2.45) is 0 Å². The first-order valence-corrected chi connectivity index (χ1v) is 10.1. The van der Waals surface area contributed by atoms with E-state index in [-0.39, 0.29) is 24.1 Å². The summed E-state index contributed by atoms with van der Waals surface area (Å²) in [6.45, 7) is 2.26. The fourth-order valence-corrected chi connectivity index (χ4v) is 4.41. The van der Waals surface area contributed by atoms with Crippen LogP contribution in [0.3, 0.4) is 0 Å². The van der Waals surface area contributed by atoms with E-state index in [2.05, 4.69) is 10.1 Å². The molecule has 3 aromatic rings. The van der Waals surface area contributed by atoms with Gasteiger partial charge in [-0.25, -0.2) is 8.42 Å². The zero-order valence-electron chi connectivity index (χ0n) is 15.4. The van der Waals surface area contributed by atoms with Crippen molar-refractivity contribution in [1.29, 1.82) is 0 Å². The zero-order valence-corrected chi connectivity index (χ0v) is 16.2. The molecule has 1 fully saturated rings. The van der Waals surface area contributed by atoms with Crippen LogP contribution < -0.4 is 9.47 Å². The Morgan fingerprint density at radius 2 is 1.82 bits per heavy atom. The molecule has 9 heteroatoms. The van der Waals surface area contributed by atoms with Crippen molar-refractivity contribution in [3.63, 3.8) is 0 Å². The van der Waals surface area contributed by atoms with E-state index in [0.29, 0.717) is 28.8 Å². The van der Waals surface area contributed by atoms with Crippen molar-refractivity contribution >= 4 is 10.0 Å². The fraction of sp³-hybridized carbons (Fsp3) is 0.263. The van der Waals surface area contributed by atoms with Gasteiger partial charge in [-0.2, -0.15) is 9.29 Å². The van der Waals surface area contributed by atoms with Gasteiger partial charge in [-0.3, -0.25) is 0 Å². The van der Waals surface area contributed by atoms with Gasteiger partial charge in [0.1, 0.15) is 17.6 Å². The molecule has 1 saturated heterocycles. The van der Waals surface area contributed by atoms with Gasteiger partial charge in [0.25, 0.3) is 0 Å². The van der Waals surface area contributed by atoms with Gasteiger partial charge in [-0.05, 0) is 36.4 Å². The molecule has 0 atom stereocenters. The van der Waals surface area contributed by atoms with Gasteiger partial charge >= 0.3 is 0 Å². The predicted octanol–water partition coefficient (Wildman–Crippen LogP) is 2.51. The van der Waals surface area contributed by atoms with E-state index in [1.165, 1.54) is 23.5 Å². The minimum absolute atomic E-state index is 0.231. The molecular formula is C19H19N3O5S. The summed E-state index contributed by atoms with van der Waals surface area (Å²) >= 11 is 0. The van der Waals surface area contributed by atoms with E-state index in [1.54, 1.807) is 19.1 Å². The molecule has 1 aliphatic rings.